The Labute approximate surface area is 175 Å². The van der Waals surface area contributed by atoms with Gasteiger partial charge in [-0.25, -0.2) is 0 Å². The largest absolute Gasteiger partial charge is 0.496 e. The van der Waals surface area contributed by atoms with E-state index in [1.54, 1.807) is 18.2 Å². The highest BCUT2D eigenvalue weighted by Gasteiger charge is 2.35. The topological polar surface area (TPSA) is 65.1 Å². The molecule has 0 N–H and O–H groups in total. The number of ether oxygens (including phenoxy) is 3. The first kappa shape index (κ1) is 20.3. The number of carbonyl (C=O) groups is 2. The summed E-state index contributed by atoms with van der Waals surface area (Å²) >= 11 is 4.35. The minimum atomic E-state index is -0.345. The van der Waals surface area contributed by atoms with Crippen molar-refractivity contribution in [2.45, 2.75) is 6.54 Å². The predicted molar refractivity (Wildman–Crippen MR) is 112 cm³/mol. The summed E-state index contributed by atoms with van der Waals surface area (Å²) in [7, 11) is 4.58. The first-order valence-corrected chi connectivity index (χ1v) is 9.88. The van der Waals surface area contributed by atoms with E-state index >= 15 is 0 Å². The van der Waals surface area contributed by atoms with Gasteiger partial charge in [0.1, 0.15) is 5.75 Å². The number of halogens is 1. The third-order valence-electron chi connectivity index (χ3n) is 4.18. The number of thioether (sulfide) groups is 1. The molecule has 0 aromatic heterocycles. The third-order valence-corrected chi connectivity index (χ3v) is 5.86. The molecule has 1 aliphatic heterocycles. The summed E-state index contributed by atoms with van der Waals surface area (Å²) in [6.07, 6.45) is 1.63. The maximum Gasteiger partial charge on any atom is 0.293 e. The Balaban J connectivity index is 1.92. The van der Waals surface area contributed by atoms with Crippen LogP contribution in [0, 0.1) is 0 Å². The Hall–Kier alpha value is -2.45. The number of benzene rings is 2. The summed E-state index contributed by atoms with van der Waals surface area (Å²) in [6.45, 7) is 0.201. The second-order valence-corrected chi connectivity index (χ2v) is 7.66. The summed E-state index contributed by atoms with van der Waals surface area (Å²) in [5.74, 6) is 1.18. The van der Waals surface area contributed by atoms with Crippen LogP contribution in [-0.4, -0.2) is 37.4 Å². The monoisotopic (exact) mass is 463 g/mol. The van der Waals surface area contributed by atoms with Gasteiger partial charge in [-0.15, -0.1) is 0 Å². The highest BCUT2D eigenvalue weighted by Crippen LogP contribution is 2.39. The molecule has 0 bridgehead atoms. The molecule has 146 valence electrons. The molecule has 8 heteroatoms. The van der Waals surface area contributed by atoms with Gasteiger partial charge in [-0.2, -0.15) is 0 Å². The number of carbonyl (C=O) groups excluding carboxylic acids is 2. The van der Waals surface area contributed by atoms with Crippen molar-refractivity contribution in [2.24, 2.45) is 0 Å². The number of amides is 2. The molecule has 28 heavy (non-hydrogen) atoms. The van der Waals surface area contributed by atoms with Gasteiger partial charge < -0.3 is 14.2 Å². The number of hydrogen-bond donors (Lipinski definition) is 0. The lowest BCUT2D eigenvalue weighted by atomic mass is 10.1. The van der Waals surface area contributed by atoms with Crippen molar-refractivity contribution in [3.05, 3.63) is 56.9 Å². The van der Waals surface area contributed by atoms with Crippen LogP contribution >= 0.6 is 27.7 Å². The van der Waals surface area contributed by atoms with Gasteiger partial charge in [0.05, 0.1) is 32.8 Å². The summed E-state index contributed by atoms with van der Waals surface area (Å²) in [4.78, 5) is 26.8. The van der Waals surface area contributed by atoms with E-state index < -0.39 is 0 Å². The van der Waals surface area contributed by atoms with Gasteiger partial charge in [0, 0.05) is 16.1 Å². The molecule has 0 aliphatic carbocycles. The maximum atomic E-state index is 12.8. The molecule has 2 amide bonds. The van der Waals surface area contributed by atoms with E-state index in [0.717, 1.165) is 21.8 Å². The molecule has 0 atom stereocenters. The third kappa shape index (κ3) is 4.02. The van der Waals surface area contributed by atoms with Crippen LogP contribution in [0.15, 0.2) is 45.8 Å². The van der Waals surface area contributed by atoms with E-state index in [0.29, 0.717) is 27.7 Å². The zero-order valence-electron chi connectivity index (χ0n) is 15.5. The Morgan fingerprint density at radius 2 is 1.64 bits per heavy atom. The standard InChI is InChI=1S/C20H18BrNO5S/c1-25-15-10-17(27-3)16(26-2)8-13(15)9-18-19(23)22(20(24)28-18)11-12-6-4-5-7-14(12)21/h4-10H,11H2,1-3H3/b18-9-. The van der Waals surface area contributed by atoms with Gasteiger partial charge in [0.2, 0.25) is 0 Å². The fraction of sp³-hybridized carbons (Fsp3) is 0.200. The van der Waals surface area contributed by atoms with E-state index in [9.17, 15) is 9.59 Å². The Kier molecular flexibility index (Phi) is 6.31. The van der Waals surface area contributed by atoms with E-state index in [1.807, 2.05) is 24.3 Å². The van der Waals surface area contributed by atoms with Crippen LogP contribution in [-0.2, 0) is 11.3 Å². The molecule has 0 radical (unpaired) electrons. The first-order chi connectivity index (χ1) is 13.5. The number of imide groups is 1. The van der Waals surface area contributed by atoms with Crippen molar-refractivity contribution in [1.29, 1.82) is 0 Å². The number of methoxy groups -OCH3 is 3. The van der Waals surface area contributed by atoms with Crippen molar-refractivity contribution < 1.29 is 23.8 Å². The normalized spacial score (nSPS) is 15.3. The number of nitrogens with zero attached hydrogens (tertiary/aromatic N) is 1. The van der Waals surface area contributed by atoms with Crippen LogP contribution in [0.5, 0.6) is 17.2 Å². The molecule has 1 aliphatic rings. The minimum absolute atomic E-state index is 0.201. The molecule has 1 heterocycles. The Morgan fingerprint density at radius 3 is 2.29 bits per heavy atom. The average molecular weight is 464 g/mol. The summed E-state index contributed by atoms with van der Waals surface area (Å²) in [5.41, 5.74) is 1.47. The van der Waals surface area contributed by atoms with E-state index in [1.165, 1.54) is 26.2 Å². The molecule has 6 nitrogen and oxygen atoms in total. The zero-order valence-corrected chi connectivity index (χ0v) is 17.9. The van der Waals surface area contributed by atoms with Crippen LogP contribution in [0.3, 0.4) is 0 Å². The molecule has 2 aromatic rings. The SMILES string of the molecule is COc1cc(OC)c(OC)cc1/C=C1\SC(=O)N(Cc2ccccc2Br)C1=O. The summed E-state index contributed by atoms with van der Waals surface area (Å²) in [5, 5.41) is -0.313. The van der Waals surface area contributed by atoms with Gasteiger partial charge in [-0.05, 0) is 35.5 Å². The molecular formula is C20H18BrNO5S. The van der Waals surface area contributed by atoms with Crippen molar-refractivity contribution in [2.75, 3.05) is 21.3 Å². The molecular weight excluding hydrogens is 446 g/mol. The van der Waals surface area contributed by atoms with Gasteiger partial charge in [0.15, 0.2) is 11.5 Å². The average Bonchev–Trinajstić information content (AvgIpc) is 2.96. The molecule has 1 saturated heterocycles. The fourth-order valence-electron chi connectivity index (χ4n) is 2.74. The molecule has 3 rings (SSSR count). The van der Waals surface area contributed by atoms with E-state index in [4.69, 9.17) is 14.2 Å². The van der Waals surface area contributed by atoms with Crippen LogP contribution in [0.25, 0.3) is 6.08 Å². The Bertz CT molecular complexity index is 960. The van der Waals surface area contributed by atoms with Gasteiger partial charge in [-0.3, -0.25) is 14.5 Å². The highest BCUT2D eigenvalue weighted by molar-refractivity contribution is 9.10. The molecule has 0 unspecified atom stereocenters. The van der Waals surface area contributed by atoms with Crippen LogP contribution in [0.1, 0.15) is 11.1 Å². The van der Waals surface area contributed by atoms with E-state index in [-0.39, 0.29) is 17.7 Å². The lowest BCUT2D eigenvalue weighted by Gasteiger charge is -2.14. The fourth-order valence-corrected chi connectivity index (χ4v) is 3.98. The maximum absolute atomic E-state index is 12.8. The van der Waals surface area contributed by atoms with Crippen LogP contribution in [0.2, 0.25) is 0 Å². The number of rotatable bonds is 6. The summed E-state index contributed by atoms with van der Waals surface area (Å²) in [6, 6.07) is 10.9. The summed E-state index contributed by atoms with van der Waals surface area (Å²) < 4.78 is 16.8. The quantitative estimate of drug-likeness (QED) is 0.577. The second-order valence-electron chi connectivity index (χ2n) is 5.81. The predicted octanol–water partition coefficient (Wildman–Crippen LogP) is 4.71. The second kappa shape index (κ2) is 8.70. The van der Waals surface area contributed by atoms with Crippen LogP contribution < -0.4 is 14.2 Å². The van der Waals surface area contributed by atoms with Crippen molar-refractivity contribution in [1.82, 2.24) is 4.90 Å². The smallest absolute Gasteiger partial charge is 0.293 e. The highest BCUT2D eigenvalue weighted by atomic mass is 79.9. The minimum Gasteiger partial charge on any atom is -0.496 e. The lowest BCUT2D eigenvalue weighted by molar-refractivity contribution is -0.123. The molecule has 2 aromatic carbocycles. The first-order valence-electron chi connectivity index (χ1n) is 8.27. The Morgan fingerprint density at radius 1 is 1.00 bits per heavy atom. The molecule has 1 fully saturated rings. The van der Waals surface area contributed by atoms with Crippen LogP contribution in [0.4, 0.5) is 4.79 Å². The van der Waals surface area contributed by atoms with Crippen molar-refractivity contribution in [3.8, 4) is 17.2 Å². The lowest BCUT2D eigenvalue weighted by Crippen LogP contribution is -2.27. The van der Waals surface area contributed by atoms with Gasteiger partial charge >= 0.3 is 0 Å². The number of hydrogen-bond acceptors (Lipinski definition) is 6. The van der Waals surface area contributed by atoms with Gasteiger partial charge in [0.25, 0.3) is 11.1 Å². The van der Waals surface area contributed by atoms with Crippen molar-refractivity contribution >= 4 is 44.9 Å². The molecule has 0 spiro atoms. The zero-order chi connectivity index (χ0) is 20.3. The van der Waals surface area contributed by atoms with E-state index in [2.05, 4.69) is 15.9 Å². The van der Waals surface area contributed by atoms with Crippen molar-refractivity contribution in [3.63, 3.8) is 0 Å². The van der Waals surface area contributed by atoms with Gasteiger partial charge in [-0.1, -0.05) is 34.1 Å². The molecule has 0 saturated carbocycles.